The molecule has 1 heterocycles. The molecule has 3 aromatic carbocycles. The third-order valence-electron chi connectivity index (χ3n) is 5.78. The van der Waals surface area contributed by atoms with Crippen molar-refractivity contribution in [2.45, 2.75) is 27.2 Å². The Morgan fingerprint density at radius 3 is 2.26 bits per heavy atom. The molecule has 0 aliphatic carbocycles. The van der Waals surface area contributed by atoms with Crippen molar-refractivity contribution in [2.75, 3.05) is 17.2 Å². The predicted octanol–water partition coefficient (Wildman–Crippen LogP) is 4.70. The summed E-state index contributed by atoms with van der Waals surface area (Å²) in [4.78, 5) is 39.6. The van der Waals surface area contributed by atoms with Crippen LogP contribution in [0.5, 0.6) is 0 Å². The quantitative estimate of drug-likeness (QED) is 0.509. The van der Waals surface area contributed by atoms with Crippen molar-refractivity contribution in [3.8, 4) is 0 Å². The summed E-state index contributed by atoms with van der Waals surface area (Å²) in [5.41, 5.74) is 5.69. The van der Waals surface area contributed by atoms with Crippen LogP contribution in [0.3, 0.4) is 0 Å². The second-order valence-electron chi connectivity index (χ2n) is 8.45. The molecule has 6 nitrogen and oxygen atoms in total. The first kappa shape index (κ1) is 23.0. The molecule has 4 rings (SSSR count). The lowest BCUT2D eigenvalue weighted by Crippen LogP contribution is -2.34. The van der Waals surface area contributed by atoms with E-state index >= 15 is 0 Å². The fraction of sp³-hybridized carbons (Fsp3) is 0.179. The lowest BCUT2D eigenvalue weighted by Gasteiger charge is -2.16. The zero-order chi connectivity index (χ0) is 24.2. The van der Waals surface area contributed by atoms with E-state index in [1.54, 1.807) is 24.3 Å². The molecule has 34 heavy (non-hydrogen) atoms. The van der Waals surface area contributed by atoms with Gasteiger partial charge < -0.3 is 10.6 Å². The van der Waals surface area contributed by atoms with E-state index in [9.17, 15) is 14.4 Å². The maximum atomic E-state index is 13.5. The van der Waals surface area contributed by atoms with Gasteiger partial charge in [-0.2, -0.15) is 0 Å². The largest absolute Gasteiger partial charge is 0.350 e. The third kappa shape index (κ3) is 4.91. The summed E-state index contributed by atoms with van der Waals surface area (Å²) in [6.07, 6.45) is 0.573. The number of nitrogens with one attached hydrogen (secondary N) is 2. The van der Waals surface area contributed by atoms with E-state index in [0.717, 1.165) is 22.4 Å². The third-order valence-corrected chi connectivity index (χ3v) is 5.78. The summed E-state index contributed by atoms with van der Waals surface area (Å²) in [6.45, 7) is 5.66. The Morgan fingerprint density at radius 1 is 0.882 bits per heavy atom. The van der Waals surface area contributed by atoms with E-state index in [2.05, 4.69) is 10.6 Å². The molecule has 2 N–H and O–H groups in total. The Morgan fingerprint density at radius 2 is 1.59 bits per heavy atom. The van der Waals surface area contributed by atoms with Crippen LogP contribution in [0.25, 0.3) is 5.57 Å². The minimum atomic E-state index is -0.345. The minimum absolute atomic E-state index is 0.177. The molecule has 0 aromatic heterocycles. The average Bonchev–Trinajstić information content (AvgIpc) is 3.04. The lowest BCUT2D eigenvalue weighted by molar-refractivity contribution is -0.136. The molecule has 0 radical (unpaired) electrons. The zero-order valence-electron chi connectivity index (χ0n) is 19.5. The van der Waals surface area contributed by atoms with Gasteiger partial charge in [-0.1, -0.05) is 54.6 Å². The summed E-state index contributed by atoms with van der Waals surface area (Å²) in [7, 11) is 0. The van der Waals surface area contributed by atoms with E-state index in [1.165, 1.54) is 11.8 Å². The molecule has 0 fully saturated rings. The standard InChI is InChI=1S/C28H27N3O3/c1-18-9-10-19(2)24(17-18)30-26-25(22-11-13-23(14-12-22)29-20(3)32)27(33)31(28(26)34)16-15-21-7-5-4-6-8-21/h4-14,17,30H,15-16H2,1-3H3,(H,29,32). The Labute approximate surface area is 199 Å². The number of carbonyl (C=O) groups is 3. The van der Waals surface area contributed by atoms with E-state index in [4.69, 9.17) is 0 Å². The van der Waals surface area contributed by atoms with E-state index in [1.807, 2.05) is 62.4 Å². The summed E-state index contributed by atoms with van der Waals surface area (Å²) in [5, 5.41) is 5.97. The molecule has 0 saturated carbocycles. The number of carbonyl (C=O) groups excluding carboxylic acids is 3. The highest BCUT2D eigenvalue weighted by Crippen LogP contribution is 2.32. The van der Waals surface area contributed by atoms with Crippen molar-refractivity contribution in [1.82, 2.24) is 4.90 Å². The summed E-state index contributed by atoms with van der Waals surface area (Å²) in [6, 6.07) is 22.7. The maximum absolute atomic E-state index is 13.5. The van der Waals surface area contributed by atoms with Crippen molar-refractivity contribution in [1.29, 1.82) is 0 Å². The van der Waals surface area contributed by atoms with Gasteiger partial charge in [0.25, 0.3) is 11.8 Å². The molecule has 0 bridgehead atoms. The highest BCUT2D eigenvalue weighted by atomic mass is 16.2. The van der Waals surface area contributed by atoms with Gasteiger partial charge in [-0.3, -0.25) is 19.3 Å². The fourth-order valence-corrected chi connectivity index (χ4v) is 3.98. The molecule has 0 unspecified atom stereocenters. The van der Waals surface area contributed by atoms with Crippen LogP contribution in [0.1, 0.15) is 29.2 Å². The van der Waals surface area contributed by atoms with Gasteiger partial charge in [0.1, 0.15) is 5.70 Å². The number of hydrogen-bond acceptors (Lipinski definition) is 4. The first-order chi connectivity index (χ1) is 16.3. The van der Waals surface area contributed by atoms with Gasteiger partial charge >= 0.3 is 0 Å². The van der Waals surface area contributed by atoms with Crippen LogP contribution in [0, 0.1) is 13.8 Å². The Bertz CT molecular complexity index is 1280. The molecule has 1 aliphatic heterocycles. The molecule has 1 aliphatic rings. The number of nitrogens with zero attached hydrogens (tertiary/aromatic N) is 1. The second kappa shape index (κ2) is 9.75. The zero-order valence-corrected chi connectivity index (χ0v) is 19.5. The van der Waals surface area contributed by atoms with Crippen LogP contribution in [-0.4, -0.2) is 29.2 Å². The smallest absolute Gasteiger partial charge is 0.278 e. The van der Waals surface area contributed by atoms with Gasteiger partial charge in [0, 0.05) is 24.8 Å². The topological polar surface area (TPSA) is 78.5 Å². The number of amides is 3. The number of aryl methyl sites for hydroxylation is 2. The molecule has 6 heteroatoms. The monoisotopic (exact) mass is 453 g/mol. The molecule has 0 spiro atoms. The van der Waals surface area contributed by atoms with Gasteiger partial charge in [0.2, 0.25) is 5.91 Å². The van der Waals surface area contributed by atoms with Gasteiger partial charge in [0.05, 0.1) is 5.57 Å². The Hall–Kier alpha value is -4.19. The fourth-order valence-electron chi connectivity index (χ4n) is 3.98. The summed E-state index contributed by atoms with van der Waals surface area (Å²) in [5.74, 6) is -0.854. The number of imide groups is 1. The average molecular weight is 454 g/mol. The number of anilines is 2. The first-order valence-corrected chi connectivity index (χ1v) is 11.2. The Kier molecular flexibility index (Phi) is 6.59. The Balaban J connectivity index is 1.69. The first-order valence-electron chi connectivity index (χ1n) is 11.2. The van der Waals surface area contributed by atoms with Gasteiger partial charge in [-0.15, -0.1) is 0 Å². The van der Waals surface area contributed by atoms with Gasteiger partial charge in [0.15, 0.2) is 0 Å². The number of rotatable bonds is 7. The minimum Gasteiger partial charge on any atom is -0.350 e. The molecular formula is C28H27N3O3. The number of hydrogen-bond donors (Lipinski definition) is 2. The SMILES string of the molecule is CC(=O)Nc1ccc(C2=C(Nc3cc(C)ccc3C)C(=O)N(CCc3ccccc3)C2=O)cc1. The van der Waals surface area contributed by atoms with Crippen molar-refractivity contribution in [2.24, 2.45) is 0 Å². The van der Waals surface area contributed by atoms with Crippen molar-refractivity contribution in [3.63, 3.8) is 0 Å². The van der Waals surface area contributed by atoms with Crippen molar-refractivity contribution >= 4 is 34.7 Å². The van der Waals surface area contributed by atoms with Crippen LogP contribution >= 0.6 is 0 Å². The van der Waals surface area contributed by atoms with Crippen LogP contribution in [0.2, 0.25) is 0 Å². The highest BCUT2D eigenvalue weighted by molar-refractivity contribution is 6.36. The molecule has 3 amide bonds. The van der Waals surface area contributed by atoms with Gasteiger partial charge in [-0.25, -0.2) is 0 Å². The number of benzene rings is 3. The predicted molar refractivity (Wildman–Crippen MR) is 134 cm³/mol. The summed E-state index contributed by atoms with van der Waals surface area (Å²) < 4.78 is 0. The molecular weight excluding hydrogens is 426 g/mol. The highest BCUT2D eigenvalue weighted by Gasteiger charge is 2.39. The van der Waals surface area contributed by atoms with Crippen LogP contribution in [-0.2, 0) is 20.8 Å². The molecule has 172 valence electrons. The lowest BCUT2D eigenvalue weighted by atomic mass is 10.0. The van der Waals surface area contributed by atoms with E-state index in [-0.39, 0.29) is 30.0 Å². The maximum Gasteiger partial charge on any atom is 0.278 e. The molecule has 0 atom stereocenters. The summed E-state index contributed by atoms with van der Waals surface area (Å²) >= 11 is 0. The van der Waals surface area contributed by atoms with E-state index in [0.29, 0.717) is 23.2 Å². The normalized spacial score (nSPS) is 13.4. The van der Waals surface area contributed by atoms with Gasteiger partial charge in [-0.05, 0) is 60.7 Å². The van der Waals surface area contributed by atoms with Crippen molar-refractivity contribution in [3.05, 3.63) is 101 Å². The van der Waals surface area contributed by atoms with Crippen LogP contribution in [0.4, 0.5) is 11.4 Å². The van der Waals surface area contributed by atoms with E-state index < -0.39 is 0 Å². The molecule has 3 aromatic rings. The van der Waals surface area contributed by atoms with Crippen LogP contribution < -0.4 is 10.6 Å². The second-order valence-corrected chi connectivity index (χ2v) is 8.45. The van der Waals surface area contributed by atoms with Crippen molar-refractivity contribution < 1.29 is 14.4 Å². The molecule has 0 saturated heterocycles. The van der Waals surface area contributed by atoms with Crippen LogP contribution in [0.15, 0.2) is 78.5 Å².